The standard InChI is InChI=1S/C25H18N2.B.2Y/c1-17-7-8-18(14-23(17)25-11-12-26-16-27(25)2)19-9-10-21-13-20-5-3-4-6-22(20)24(21)15-19;;;/h3-13,16H,1-2H3;;;/q-2;;;. The summed E-state index contributed by atoms with van der Waals surface area (Å²) in [6.45, 7) is 2.12. The average Bonchev–Trinajstić information content (AvgIpc) is 3.07. The Morgan fingerprint density at radius 2 is 1.60 bits per heavy atom. The Morgan fingerprint density at radius 3 is 2.40 bits per heavy atom. The van der Waals surface area contributed by atoms with Crippen molar-refractivity contribution in [3.05, 3.63) is 90.9 Å². The largest absolute Gasteiger partial charge is 0.279 e. The molecule has 0 aliphatic carbocycles. The monoisotopic (exact) mass is 535 g/mol. The molecule has 0 amide bonds. The van der Waals surface area contributed by atoms with Crippen molar-refractivity contribution in [2.75, 3.05) is 0 Å². The first kappa shape index (κ1) is 25.1. The zero-order valence-electron chi connectivity index (χ0n) is 17.1. The number of hydrogen-bond donors (Lipinski definition) is 0. The van der Waals surface area contributed by atoms with Crippen molar-refractivity contribution in [2.45, 2.75) is 6.92 Å². The van der Waals surface area contributed by atoms with E-state index in [1.54, 1.807) is 0 Å². The number of nitrogens with zero attached hydrogens (tertiary/aromatic N) is 2. The molecule has 2 nitrogen and oxygen atoms in total. The fourth-order valence-electron chi connectivity index (χ4n) is 3.70. The average molecular weight is 535 g/mol. The summed E-state index contributed by atoms with van der Waals surface area (Å²) in [4.78, 5) is 4.18. The third kappa shape index (κ3) is 4.55. The van der Waals surface area contributed by atoms with Gasteiger partial charge in [0.25, 0.3) is 6.33 Å². The van der Waals surface area contributed by atoms with Gasteiger partial charge in [0.15, 0.2) is 0 Å². The molecule has 0 saturated carbocycles. The van der Waals surface area contributed by atoms with Gasteiger partial charge >= 0.3 is 0 Å². The molecule has 0 saturated heterocycles. The smallest absolute Gasteiger partial charge is 0.266 e. The summed E-state index contributed by atoms with van der Waals surface area (Å²) >= 11 is 0. The molecule has 0 fully saturated rings. The number of hydrogen-bond acceptors (Lipinski definition) is 1. The second-order valence-electron chi connectivity index (χ2n) is 6.94. The van der Waals surface area contributed by atoms with Gasteiger partial charge in [0, 0.05) is 73.8 Å². The summed E-state index contributed by atoms with van der Waals surface area (Å²) < 4.78 is 2.03. The predicted octanol–water partition coefficient (Wildman–Crippen LogP) is 4.79. The Kier molecular flexibility index (Phi) is 8.77. The molecule has 0 N–H and O–H groups in total. The Hall–Kier alpha value is -1.12. The number of benzene rings is 3. The minimum Gasteiger partial charge on any atom is -0.266 e. The van der Waals surface area contributed by atoms with E-state index in [2.05, 4.69) is 78.6 Å². The van der Waals surface area contributed by atoms with Gasteiger partial charge in [-0.25, -0.2) is 0 Å². The molecule has 0 unspecified atom stereocenters. The molecule has 5 radical (unpaired) electrons. The molecule has 0 spiro atoms. The SMILES string of the molecule is Cc1ccc(-c2[c-]c3c(cc2)[cH-]c2ccccc23)[c-]c1-c1ccnc[n+]1C.[B].[Y].[Y]. The van der Waals surface area contributed by atoms with Crippen LogP contribution in [0.1, 0.15) is 5.56 Å². The normalized spacial score (nSPS) is 10.2. The molecule has 0 atom stereocenters. The first-order chi connectivity index (χ1) is 13.2. The van der Waals surface area contributed by atoms with E-state index < -0.39 is 0 Å². The van der Waals surface area contributed by atoms with Gasteiger partial charge in [0.2, 0.25) is 0 Å². The van der Waals surface area contributed by atoms with E-state index in [4.69, 9.17) is 0 Å². The maximum atomic E-state index is 4.18. The number of rotatable bonds is 2. The summed E-state index contributed by atoms with van der Waals surface area (Å²) in [6.07, 6.45) is 3.65. The van der Waals surface area contributed by atoms with Gasteiger partial charge in [-0.05, 0) is 6.07 Å². The first-order valence-electron chi connectivity index (χ1n) is 9.04. The maximum absolute atomic E-state index is 4.18. The summed E-state index contributed by atoms with van der Waals surface area (Å²) in [5.41, 5.74) is 5.51. The van der Waals surface area contributed by atoms with Gasteiger partial charge in [-0.2, -0.15) is 58.3 Å². The van der Waals surface area contributed by atoms with E-state index in [1.807, 2.05) is 30.2 Å². The van der Waals surface area contributed by atoms with Gasteiger partial charge in [0.05, 0.1) is 12.7 Å². The molecule has 5 rings (SSSR count). The van der Waals surface area contributed by atoms with Gasteiger partial charge in [-0.3, -0.25) is 4.57 Å². The minimum atomic E-state index is 0. The second kappa shape index (κ2) is 10.5. The van der Waals surface area contributed by atoms with E-state index >= 15 is 0 Å². The van der Waals surface area contributed by atoms with Crippen molar-refractivity contribution in [3.8, 4) is 22.4 Å². The molecule has 139 valence electrons. The van der Waals surface area contributed by atoms with Crippen LogP contribution < -0.4 is 4.57 Å². The van der Waals surface area contributed by atoms with Gasteiger partial charge in [-0.15, -0.1) is 28.5 Å². The van der Waals surface area contributed by atoms with Crippen LogP contribution in [0.3, 0.4) is 0 Å². The number of aromatic nitrogens is 2. The van der Waals surface area contributed by atoms with E-state index in [9.17, 15) is 0 Å². The van der Waals surface area contributed by atoms with E-state index in [0.717, 1.165) is 22.4 Å². The zero-order chi connectivity index (χ0) is 18.4. The Labute approximate surface area is 229 Å². The van der Waals surface area contributed by atoms with Crippen LogP contribution in [0.15, 0.2) is 73.2 Å². The van der Waals surface area contributed by atoms with Gasteiger partial charge in [-0.1, -0.05) is 35.7 Å². The fourth-order valence-corrected chi connectivity index (χ4v) is 3.70. The molecule has 30 heavy (non-hydrogen) atoms. The Bertz CT molecular complexity index is 1310. The summed E-state index contributed by atoms with van der Waals surface area (Å²) in [5.74, 6) is 0. The minimum absolute atomic E-state index is 0. The van der Waals surface area contributed by atoms with Crippen molar-refractivity contribution < 1.29 is 70.0 Å². The molecule has 0 bridgehead atoms. The van der Waals surface area contributed by atoms with Crippen molar-refractivity contribution in [2.24, 2.45) is 7.05 Å². The van der Waals surface area contributed by atoms with E-state index in [-0.39, 0.29) is 73.8 Å². The number of fused-ring (bicyclic) bond motifs is 3. The molecule has 0 aliphatic rings. The van der Waals surface area contributed by atoms with Crippen LogP contribution in [0, 0.1) is 19.1 Å². The topological polar surface area (TPSA) is 16.8 Å². The zero-order valence-corrected chi connectivity index (χ0v) is 22.7. The van der Waals surface area contributed by atoms with Crippen LogP contribution in [0.25, 0.3) is 43.9 Å². The molecule has 4 aromatic carbocycles. The van der Waals surface area contributed by atoms with E-state index in [0.29, 0.717) is 0 Å². The van der Waals surface area contributed by atoms with Crippen molar-refractivity contribution in [3.63, 3.8) is 0 Å². The quantitative estimate of drug-likeness (QED) is 0.181. The second-order valence-corrected chi connectivity index (χ2v) is 6.94. The van der Waals surface area contributed by atoms with Crippen LogP contribution in [-0.4, -0.2) is 13.4 Å². The van der Waals surface area contributed by atoms with Crippen LogP contribution in [0.2, 0.25) is 0 Å². The van der Waals surface area contributed by atoms with E-state index in [1.165, 1.54) is 27.1 Å². The van der Waals surface area contributed by atoms with Crippen molar-refractivity contribution >= 4 is 30.0 Å². The Balaban J connectivity index is 0.00000107. The predicted molar refractivity (Wildman–Crippen MR) is 115 cm³/mol. The van der Waals surface area contributed by atoms with Gasteiger partial charge in [0.1, 0.15) is 6.20 Å². The maximum Gasteiger partial charge on any atom is 0.279 e. The molecular weight excluding hydrogens is 517 g/mol. The Morgan fingerprint density at radius 1 is 0.867 bits per heavy atom. The van der Waals surface area contributed by atoms with Crippen LogP contribution in [0.5, 0.6) is 0 Å². The molecule has 5 heteroatoms. The third-order valence-electron chi connectivity index (χ3n) is 5.16. The fraction of sp³-hybridized carbons (Fsp3) is 0.0800. The summed E-state index contributed by atoms with van der Waals surface area (Å²) in [5, 5.41) is 4.92. The molecule has 5 aromatic rings. The molecule has 1 aromatic heterocycles. The van der Waals surface area contributed by atoms with Crippen molar-refractivity contribution in [1.82, 2.24) is 4.98 Å². The first-order valence-corrected chi connectivity index (χ1v) is 9.04. The van der Waals surface area contributed by atoms with Gasteiger partial charge < -0.3 is 0 Å². The third-order valence-corrected chi connectivity index (χ3v) is 5.16. The van der Waals surface area contributed by atoms with Crippen molar-refractivity contribution in [1.29, 1.82) is 0 Å². The van der Waals surface area contributed by atoms with Crippen LogP contribution >= 0.6 is 0 Å². The molecule has 0 aliphatic heterocycles. The molecular formula is C25H18BN2Y2-2. The summed E-state index contributed by atoms with van der Waals surface area (Å²) in [7, 11) is 2.01. The summed E-state index contributed by atoms with van der Waals surface area (Å²) in [6, 6.07) is 28.6. The van der Waals surface area contributed by atoms with Crippen LogP contribution in [-0.2, 0) is 72.5 Å². The molecule has 1 heterocycles. The van der Waals surface area contributed by atoms with Crippen LogP contribution in [0.4, 0.5) is 0 Å². The number of aryl methyl sites for hydroxylation is 2.